The highest BCUT2D eigenvalue weighted by atomic mass is 16.3. The van der Waals surface area contributed by atoms with E-state index in [9.17, 15) is 15.0 Å². The Labute approximate surface area is 118 Å². The lowest BCUT2D eigenvalue weighted by Gasteiger charge is -2.30. The van der Waals surface area contributed by atoms with E-state index in [0.29, 0.717) is 24.9 Å². The lowest BCUT2D eigenvalue weighted by Crippen LogP contribution is -2.36. The minimum absolute atomic E-state index is 0.118. The Balaban J connectivity index is 1.94. The van der Waals surface area contributed by atoms with Gasteiger partial charge in [0.2, 0.25) is 0 Å². The Kier molecular flexibility index (Phi) is 4.84. The van der Waals surface area contributed by atoms with Crippen LogP contribution in [0, 0.1) is 11.8 Å². The van der Waals surface area contributed by atoms with Crippen LogP contribution >= 0.6 is 0 Å². The van der Waals surface area contributed by atoms with Gasteiger partial charge in [0.25, 0.3) is 5.91 Å². The zero-order valence-electron chi connectivity index (χ0n) is 11.5. The highest BCUT2D eigenvalue weighted by Gasteiger charge is 2.24. The predicted octanol–water partition coefficient (Wildman–Crippen LogP) is 1.59. The molecule has 0 saturated heterocycles. The van der Waals surface area contributed by atoms with Gasteiger partial charge in [-0.05, 0) is 43.4 Å². The Morgan fingerprint density at radius 3 is 2.35 bits per heavy atom. The SMILES string of the molecule is NCC1CCCCC1CNC(=O)c1cc(O)cc(O)c1. The van der Waals surface area contributed by atoms with Gasteiger partial charge in [0.05, 0.1) is 0 Å². The number of carbonyl (C=O) groups is 1. The third-order valence-corrected chi connectivity index (χ3v) is 4.06. The molecule has 1 aromatic carbocycles. The van der Waals surface area contributed by atoms with Gasteiger partial charge in [0.1, 0.15) is 11.5 Å². The molecule has 2 unspecified atom stereocenters. The number of hydrogen-bond donors (Lipinski definition) is 4. The second-order valence-corrected chi connectivity index (χ2v) is 5.49. The molecule has 20 heavy (non-hydrogen) atoms. The number of nitrogens with two attached hydrogens (primary N) is 1. The molecule has 1 aromatic rings. The summed E-state index contributed by atoms with van der Waals surface area (Å²) in [4.78, 5) is 12.0. The van der Waals surface area contributed by atoms with Crippen molar-refractivity contribution in [1.82, 2.24) is 5.32 Å². The van der Waals surface area contributed by atoms with E-state index in [4.69, 9.17) is 5.73 Å². The summed E-state index contributed by atoms with van der Waals surface area (Å²) in [5, 5.41) is 21.6. The van der Waals surface area contributed by atoms with Crippen molar-refractivity contribution in [3.63, 3.8) is 0 Å². The monoisotopic (exact) mass is 278 g/mol. The van der Waals surface area contributed by atoms with Crippen LogP contribution in [-0.4, -0.2) is 29.2 Å². The minimum atomic E-state index is -0.280. The molecule has 2 atom stereocenters. The lowest BCUT2D eigenvalue weighted by molar-refractivity contribution is 0.0934. The first kappa shape index (κ1) is 14.7. The van der Waals surface area contributed by atoms with Crippen molar-refractivity contribution in [2.75, 3.05) is 13.1 Å². The molecule has 2 rings (SSSR count). The molecule has 5 N–H and O–H groups in total. The third-order valence-electron chi connectivity index (χ3n) is 4.06. The average Bonchev–Trinajstić information content (AvgIpc) is 2.44. The fourth-order valence-corrected chi connectivity index (χ4v) is 2.92. The van der Waals surface area contributed by atoms with Crippen LogP contribution in [0.4, 0.5) is 0 Å². The molecule has 0 heterocycles. The molecular weight excluding hydrogens is 256 g/mol. The zero-order valence-corrected chi connectivity index (χ0v) is 11.5. The lowest BCUT2D eigenvalue weighted by atomic mass is 9.79. The van der Waals surface area contributed by atoms with Crippen LogP contribution in [0.2, 0.25) is 0 Å². The van der Waals surface area contributed by atoms with Crippen molar-refractivity contribution in [1.29, 1.82) is 0 Å². The van der Waals surface area contributed by atoms with Crippen LogP contribution in [0.5, 0.6) is 11.5 Å². The summed E-state index contributed by atoms with van der Waals surface area (Å²) >= 11 is 0. The molecule has 1 saturated carbocycles. The van der Waals surface area contributed by atoms with Gasteiger partial charge < -0.3 is 21.3 Å². The third kappa shape index (κ3) is 3.63. The fourth-order valence-electron chi connectivity index (χ4n) is 2.92. The van der Waals surface area contributed by atoms with Gasteiger partial charge in [-0.25, -0.2) is 0 Å². The van der Waals surface area contributed by atoms with Crippen molar-refractivity contribution in [3.05, 3.63) is 23.8 Å². The van der Waals surface area contributed by atoms with Gasteiger partial charge in [0, 0.05) is 18.2 Å². The van der Waals surface area contributed by atoms with Gasteiger partial charge in [0.15, 0.2) is 0 Å². The number of hydrogen-bond acceptors (Lipinski definition) is 4. The summed E-state index contributed by atoms with van der Waals surface area (Å²) in [6.45, 7) is 1.25. The molecule has 0 aromatic heterocycles. The molecule has 1 aliphatic carbocycles. The standard InChI is InChI=1S/C15H22N2O3/c16-8-10-3-1-2-4-11(10)9-17-15(20)12-5-13(18)7-14(19)6-12/h5-7,10-11,18-19H,1-4,8-9,16H2,(H,17,20). The molecule has 1 fully saturated rings. The Morgan fingerprint density at radius 2 is 1.75 bits per heavy atom. The maximum atomic E-state index is 12.0. The largest absolute Gasteiger partial charge is 0.508 e. The van der Waals surface area contributed by atoms with Crippen molar-refractivity contribution >= 4 is 5.91 Å². The number of phenolic OH excluding ortho intramolecular Hbond substituents is 2. The first-order valence-electron chi connectivity index (χ1n) is 7.11. The number of phenols is 2. The Bertz CT molecular complexity index is 456. The summed E-state index contributed by atoms with van der Waals surface area (Å²) in [6, 6.07) is 3.88. The van der Waals surface area contributed by atoms with Crippen molar-refractivity contribution in [2.24, 2.45) is 17.6 Å². The van der Waals surface area contributed by atoms with Gasteiger partial charge in [-0.3, -0.25) is 4.79 Å². The smallest absolute Gasteiger partial charge is 0.251 e. The van der Waals surface area contributed by atoms with E-state index in [1.807, 2.05) is 0 Å². The van der Waals surface area contributed by atoms with Crippen molar-refractivity contribution in [3.8, 4) is 11.5 Å². The number of carbonyl (C=O) groups excluding carboxylic acids is 1. The van der Waals surface area contributed by atoms with Gasteiger partial charge in [-0.2, -0.15) is 0 Å². The van der Waals surface area contributed by atoms with Crippen molar-refractivity contribution < 1.29 is 15.0 Å². The van der Waals surface area contributed by atoms with Crippen LogP contribution in [0.15, 0.2) is 18.2 Å². The van der Waals surface area contributed by atoms with Crippen LogP contribution in [0.1, 0.15) is 36.0 Å². The van der Waals surface area contributed by atoms with Crippen molar-refractivity contribution in [2.45, 2.75) is 25.7 Å². The molecule has 0 spiro atoms. The van der Waals surface area contributed by atoms with E-state index in [1.165, 1.54) is 31.0 Å². The van der Waals surface area contributed by atoms with Crippen LogP contribution < -0.4 is 11.1 Å². The van der Waals surface area contributed by atoms with E-state index in [0.717, 1.165) is 12.8 Å². The van der Waals surface area contributed by atoms with Crippen LogP contribution in [0.25, 0.3) is 0 Å². The molecule has 0 bridgehead atoms. The van der Waals surface area contributed by atoms with E-state index >= 15 is 0 Å². The molecular formula is C15H22N2O3. The molecule has 5 nitrogen and oxygen atoms in total. The topological polar surface area (TPSA) is 95.6 Å². The maximum Gasteiger partial charge on any atom is 0.251 e. The highest BCUT2D eigenvalue weighted by Crippen LogP contribution is 2.28. The normalized spacial score (nSPS) is 22.4. The number of amides is 1. The molecule has 110 valence electrons. The van der Waals surface area contributed by atoms with Gasteiger partial charge in [-0.1, -0.05) is 12.8 Å². The number of nitrogens with one attached hydrogen (secondary N) is 1. The maximum absolute atomic E-state index is 12.0. The number of rotatable bonds is 4. The zero-order chi connectivity index (χ0) is 14.5. The van der Waals surface area contributed by atoms with E-state index < -0.39 is 0 Å². The number of benzene rings is 1. The summed E-state index contributed by atoms with van der Waals surface area (Å²) < 4.78 is 0. The van der Waals surface area contributed by atoms with E-state index in [-0.39, 0.29) is 23.0 Å². The molecule has 5 heteroatoms. The number of aromatic hydroxyl groups is 2. The highest BCUT2D eigenvalue weighted by molar-refractivity contribution is 5.95. The van der Waals surface area contributed by atoms with E-state index in [2.05, 4.69) is 5.32 Å². The first-order chi connectivity index (χ1) is 9.60. The molecule has 1 amide bonds. The summed E-state index contributed by atoms with van der Waals surface area (Å²) in [6.07, 6.45) is 4.62. The summed E-state index contributed by atoms with van der Waals surface area (Å²) in [5.41, 5.74) is 6.04. The summed E-state index contributed by atoms with van der Waals surface area (Å²) in [7, 11) is 0. The fraction of sp³-hybridized carbons (Fsp3) is 0.533. The Morgan fingerprint density at radius 1 is 1.15 bits per heavy atom. The quantitative estimate of drug-likeness (QED) is 0.672. The second kappa shape index (κ2) is 6.61. The van der Waals surface area contributed by atoms with Crippen LogP contribution in [-0.2, 0) is 0 Å². The van der Waals surface area contributed by atoms with E-state index in [1.54, 1.807) is 0 Å². The second-order valence-electron chi connectivity index (χ2n) is 5.49. The van der Waals surface area contributed by atoms with Crippen LogP contribution in [0.3, 0.4) is 0 Å². The van der Waals surface area contributed by atoms with Gasteiger partial charge in [-0.15, -0.1) is 0 Å². The minimum Gasteiger partial charge on any atom is -0.508 e. The molecule has 0 aliphatic heterocycles. The summed E-state index contributed by atoms with van der Waals surface area (Å²) in [5.74, 6) is 0.378. The average molecular weight is 278 g/mol. The molecule has 1 aliphatic rings. The van der Waals surface area contributed by atoms with Gasteiger partial charge >= 0.3 is 0 Å². The first-order valence-corrected chi connectivity index (χ1v) is 7.11. The molecule has 0 radical (unpaired) electrons. The Hall–Kier alpha value is -1.75. The predicted molar refractivity (Wildman–Crippen MR) is 76.6 cm³/mol.